The van der Waals surface area contributed by atoms with Crippen LogP contribution in [0.2, 0.25) is 0 Å². The van der Waals surface area contributed by atoms with E-state index in [1.54, 1.807) is 0 Å². The summed E-state index contributed by atoms with van der Waals surface area (Å²) in [5.74, 6) is 2.28. The average molecular weight is 325 g/mol. The Morgan fingerprint density at radius 2 is 1.92 bits per heavy atom. The fourth-order valence-corrected chi connectivity index (χ4v) is 3.53. The lowest BCUT2D eigenvalue weighted by Crippen LogP contribution is -2.32. The van der Waals surface area contributed by atoms with Gasteiger partial charge in [0, 0.05) is 19.0 Å². The lowest BCUT2D eigenvalue weighted by atomic mass is 9.99. The Balaban J connectivity index is 1.53. The van der Waals surface area contributed by atoms with Crippen molar-refractivity contribution < 1.29 is 8.81 Å². The molecule has 1 saturated carbocycles. The van der Waals surface area contributed by atoms with E-state index in [9.17, 15) is 9.65 Å². The van der Waals surface area contributed by atoms with Crippen LogP contribution in [0.25, 0.3) is 0 Å². The summed E-state index contributed by atoms with van der Waals surface area (Å²) >= 11 is 0. The van der Waals surface area contributed by atoms with Crippen molar-refractivity contribution in [3.8, 4) is 6.07 Å². The second-order valence-corrected chi connectivity index (χ2v) is 6.99. The first-order valence-corrected chi connectivity index (χ1v) is 8.57. The first-order valence-electron chi connectivity index (χ1n) is 8.57. The predicted molar refractivity (Wildman–Crippen MR) is 88.3 cm³/mol. The fourth-order valence-electron chi connectivity index (χ4n) is 3.53. The molecule has 2 atom stereocenters. The molecule has 24 heavy (non-hydrogen) atoms. The first-order chi connectivity index (χ1) is 11.7. The SMILES string of the molecule is CC1CCN(c2oc(C3CC3c3ccc(F)cc3)nc2C#N)CC1. The molecule has 124 valence electrons. The highest BCUT2D eigenvalue weighted by Crippen LogP contribution is 2.55. The molecule has 4 nitrogen and oxygen atoms in total. The topological polar surface area (TPSA) is 53.1 Å². The minimum absolute atomic E-state index is 0.194. The molecule has 0 amide bonds. The van der Waals surface area contributed by atoms with Crippen molar-refractivity contribution in [2.24, 2.45) is 5.92 Å². The molecule has 2 aromatic rings. The number of anilines is 1. The first kappa shape index (κ1) is 15.2. The van der Waals surface area contributed by atoms with Gasteiger partial charge in [-0.15, -0.1) is 0 Å². The number of hydrogen-bond donors (Lipinski definition) is 0. The summed E-state index contributed by atoms with van der Waals surface area (Å²) in [4.78, 5) is 6.58. The third kappa shape index (κ3) is 2.77. The smallest absolute Gasteiger partial charge is 0.234 e. The van der Waals surface area contributed by atoms with Crippen LogP contribution in [0.3, 0.4) is 0 Å². The Hall–Kier alpha value is -2.35. The number of nitriles is 1. The molecule has 0 N–H and O–H groups in total. The third-order valence-corrected chi connectivity index (χ3v) is 5.21. The molecule has 1 aliphatic carbocycles. The highest BCUT2D eigenvalue weighted by atomic mass is 19.1. The normalized spacial score (nSPS) is 24.0. The average Bonchev–Trinajstić information content (AvgIpc) is 3.28. The van der Waals surface area contributed by atoms with E-state index in [0.29, 0.717) is 23.4 Å². The van der Waals surface area contributed by atoms with Gasteiger partial charge in [0.05, 0.1) is 0 Å². The zero-order chi connectivity index (χ0) is 16.7. The van der Waals surface area contributed by atoms with Crippen LogP contribution in [0.5, 0.6) is 0 Å². The lowest BCUT2D eigenvalue weighted by molar-refractivity contribution is 0.408. The quantitative estimate of drug-likeness (QED) is 0.849. The zero-order valence-electron chi connectivity index (χ0n) is 13.7. The Morgan fingerprint density at radius 3 is 2.58 bits per heavy atom. The molecule has 1 aromatic carbocycles. The van der Waals surface area contributed by atoms with E-state index in [4.69, 9.17) is 4.42 Å². The summed E-state index contributed by atoms with van der Waals surface area (Å²) in [6.45, 7) is 4.08. The highest BCUT2D eigenvalue weighted by Gasteiger charge is 2.44. The van der Waals surface area contributed by atoms with Crippen molar-refractivity contribution in [2.75, 3.05) is 18.0 Å². The number of nitrogens with zero attached hydrogens (tertiary/aromatic N) is 3. The summed E-state index contributed by atoms with van der Waals surface area (Å²) in [6, 6.07) is 8.79. The van der Waals surface area contributed by atoms with Gasteiger partial charge in [0.25, 0.3) is 0 Å². The Labute approximate surface area is 140 Å². The standard InChI is InChI=1S/C19H20FN3O/c1-12-6-8-23(9-7-12)19-17(11-21)22-18(24-19)16-10-15(16)13-2-4-14(20)5-3-13/h2-5,12,15-16H,6-10H2,1H3. The molecule has 5 heteroatoms. The number of benzene rings is 1. The monoisotopic (exact) mass is 325 g/mol. The highest BCUT2D eigenvalue weighted by molar-refractivity contribution is 5.49. The molecule has 1 aromatic heterocycles. The molecule has 0 radical (unpaired) electrons. The molecule has 4 rings (SSSR count). The molecule has 2 unspecified atom stereocenters. The lowest BCUT2D eigenvalue weighted by Gasteiger charge is -2.29. The van der Waals surface area contributed by atoms with Gasteiger partial charge in [0.15, 0.2) is 0 Å². The van der Waals surface area contributed by atoms with E-state index < -0.39 is 0 Å². The summed E-state index contributed by atoms with van der Waals surface area (Å²) in [7, 11) is 0. The Morgan fingerprint density at radius 1 is 1.21 bits per heavy atom. The molecule has 0 spiro atoms. The third-order valence-electron chi connectivity index (χ3n) is 5.21. The Bertz CT molecular complexity index is 769. The van der Waals surface area contributed by atoms with Gasteiger partial charge in [-0.1, -0.05) is 19.1 Å². The largest absolute Gasteiger partial charge is 0.423 e. The molecular weight excluding hydrogens is 305 g/mol. The van der Waals surface area contributed by atoms with Crippen LogP contribution in [0.1, 0.15) is 55.2 Å². The minimum atomic E-state index is -0.222. The number of aromatic nitrogens is 1. The summed E-state index contributed by atoms with van der Waals surface area (Å²) in [5, 5.41) is 9.39. The van der Waals surface area contributed by atoms with Crippen molar-refractivity contribution in [1.82, 2.24) is 4.98 Å². The van der Waals surface area contributed by atoms with Crippen LogP contribution in [-0.4, -0.2) is 18.1 Å². The maximum Gasteiger partial charge on any atom is 0.234 e. The van der Waals surface area contributed by atoms with Gasteiger partial charge in [-0.05, 0) is 48.8 Å². The second kappa shape index (κ2) is 5.94. The molecular formula is C19H20FN3O. The van der Waals surface area contributed by atoms with Crippen LogP contribution in [0.15, 0.2) is 28.7 Å². The minimum Gasteiger partial charge on any atom is -0.423 e. The van der Waals surface area contributed by atoms with E-state index >= 15 is 0 Å². The Kier molecular flexibility index (Phi) is 3.76. The summed E-state index contributed by atoms with van der Waals surface area (Å²) in [5.41, 5.74) is 1.50. The summed E-state index contributed by atoms with van der Waals surface area (Å²) in [6.07, 6.45) is 3.17. The number of halogens is 1. The fraction of sp³-hybridized carbons (Fsp3) is 0.474. The van der Waals surface area contributed by atoms with E-state index in [1.165, 1.54) is 12.1 Å². The van der Waals surface area contributed by atoms with Gasteiger partial charge >= 0.3 is 0 Å². The second-order valence-electron chi connectivity index (χ2n) is 6.99. The predicted octanol–water partition coefficient (Wildman–Crippen LogP) is 4.19. The van der Waals surface area contributed by atoms with Gasteiger partial charge in [-0.3, -0.25) is 0 Å². The van der Waals surface area contributed by atoms with E-state index in [1.807, 2.05) is 12.1 Å². The summed E-state index contributed by atoms with van der Waals surface area (Å²) < 4.78 is 19.1. The molecule has 2 aliphatic rings. The van der Waals surface area contributed by atoms with Crippen LogP contribution in [0.4, 0.5) is 10.3 Å². The van der Waals surface area contributed by atoms with Crippen molar-refractivity contribution in [3.05, 3.63) is 47.2 Å². The zero-order valence-corrected chi connectivity index (χ0v) is 13.7. The molecule has 2 fully saturated rings. The van der Waals surface area contributed by atoms with Crippen LogP contribution < -0.4 is 4.90 Å². The maximum absolute atomic E-state index is 13.1. The van der Waals surface area contributed by atoms with Gasteiger partial charge in [-0.2, -0.15) is 5.26 Å². The van der Waals surface area contributed by atoms with Crippen molar-refractivity contribution in [2.45, 2.75) is 38.0 Å². The van der Waals surface area contributed by atoms with E-state index in [0.717, 1.165) is 43.8 Å². The van der Waals surface area contributed by atoms with Crippen LogP contribution in [0, 0.1) is 23.1 Å². The van der Waals surface area contributed by atoms with Crippen molar-refractivity contribution >= 4 is 5.88 Å². The number of hydrogen-bond acceptors (Lipinski definition) is 4. The van der Waals surface area contributed by atoms with Gasteiger partial charge < -0.3 is 9.32 Å². The number of oxazole rings is 1. The maximum atomic E-state index is 13.1. The molecule has 2 heterocycles. The van der Waals surface area contributed by atoms with E-state index in [2.05, 4.69) is 22.9 Å². The van der Waals surface area contributed by atoms with Crippen molar-refractivity contribution in [1.29, 1.82) is 5.26 Å². The van der Waals surface area contributed by atoms with Gasteiger partial charge in [-0.25, -0.2) is 9.37 Å². The van der Waals surface area contributed by atoms with Gasteiger partial charge in [0.2, 0.25) is 17.5 Å². The van der Waals surface area contributed by atoms with Crippen LogP contribution in [-0.2, 0) is 0 Å². The molecule has 1 saturated heterocycles. The number of piperidine rings is 1. The van der Waals surface area contributed by atoms with Crippen LogP contribution >= 0.6 is 0 Å². The molecule has 1 aliphatic heterocycles. The molecule has 0 bridgehead atoms. The number of rotatable bonds is 3. The van der Waals surface area contributed by atoms with E-state index in [-0.39, 0.29) is 11.7 Å². The van der Waals surface area contributed by atoms with Crippen molar-refractivity contribution in [3.63, 3.8) is 0 Å². The van der Waals surface area contributed by atoms with Gasteiger partial charge in [0.1, 0.15) is 11.9 Å².